The van der Waals surface area contributed by atoms with Crippen molar-refractivity contribution in [1.29, 1.82) is 0 Å². The zero-order valence-corrected chi connectivity index (χ0v) is 14.9. The van der Waals surface area contributed by atoms with Crippen LogP contribution in [0.2, 0.25) is 0 Å². The molecule has 0 saturated heterocycles. The third-order valence-corrected chi connectivity index (χ3v) is 4.25. The largest absolute Gasteiger partial charge is 0.497 e. The molecule has 1 aromatic heterocycles. The summed E-state index contributed by atoms with van der Waals surface area (Å²) < 4.78 is 20.9. The summed E-state index contributed by atoms with van der Waals surface area (Å²) in [6.07, 6.45) is 3.47. The molecule has 0 unspecified atom stereocenters. The first kappa shape index (κ1) is 17.7. The standard InChI is InChI=1S/C20H20FN3O2/c1-13-7-8-15(12-17(13)21)20(25)23-18(19-22-9-10-24(19)2)14-5-4-6-16(11-14)26-3/h4-12,18H,1-3H3,(H,23,25)/t18-/m0/s1. The van der Waals surface area contributed by atoms with Crippen LogP contribution in [-0.4, -0.2) is 22.6 Å². The average molecular weight is 353 g/mol. The zero-order valence-electron chi connectivity index (χ0n) is 14.9. The minimum atomic E-state index is -0.498. The second-order valence-electron chi connectivity index (χ2n) is 6.04. The number of carbonyl (C=O) groups excluding carboxylic acids is 1. The summed E-state index contributed by atoms with van der Waals surface area (Å²) >= 11 is 0. The first-order valence-corrected chi connectivity index (χ1v) is 8.18. The van der Waals surface area contributed by atoms with Crippen LogP contribution in [0.5, 0.6) is 5.75 Å². The number of hydrogen-bond acceptors (Lipinski definition) is 3. The number of amides is 1. The molecule has 2 aromatic carbocycles. The summed E-state index contributed by atoms with van der Waals surface area (Å²) in [4.78, 5) is 17.1. The summed E-state index contributed by atoms with van der Waals surface area (Å²) in [6.45, 7) is 1.66. The number of rotatable bonds is 5. The van der Waals surface area contributed by atoms with Crippen LogP contribution in [-0.2, 0) is 7.05 Å². The highest BCUT2D eigenvalue weighted by atomic mass is 19.1. The van der Waals surface area contributed by atoms with E-state index in [-0.39, 0.29) is 11.5 Å². The van der Waals surface area contributed by atoms with Gasteiger partial charge < -0.3 is 14.6 Å². The van der Waals surface area contributed by atoms with Gasteiger partial charge in [-0.1, -0.05) is 18.2 Å². The zero-order chi connectivity index (χ0) is 18.7. The van der Waals surface area contributed by atoms with Crippen LogP contribution in [0.25, 0.3) is 0 Å². The molecule has 6 heteroatoms. The molecule has 5 nitrogen and oxygen atoms in total. The van der Waals surface area contributed by atoms with Gasteiger partial charge in [0.05, 0.1) is 7.11 Å². The first-order chi connectivity index (χ1) is 12.5. The molecule has 0 spiro atoms. The highest BCUT2D eigenvalue weighted by Gasteiger charge is 2.22. The quantitative estimate of drug-likeness (QED) is 0.765. The number of aromatic nitrogens is 2. The Morgan fingerprint density at radius 1 is 1.27 bits per heavy atom. The Morgan fingerprint density at radius 2 is 2.08 bits per heavy atom. The van der Waals surface area contributed by atoms with E-state index in [0.717, 1.165) is 5.56 Å². The Labute approximate surface area is 151 Å². The van der Waals surface area contributed by atoms with Crippen molar-refractivity contribution in [2.75, 3.05) is 7.11 Å². The summed E-state index contributed by atoms with van der Waals surface area (Å²) in [5.41, 5.74) is 1.57. The fraction of sp³-hybridized carbons (Fsp3) is 0.200. The number of nitrogens with zero attached hydrogens (tertiary/aromatic N) is 2. The van der Waals surface area contributed by atoms with Crippen LogP contribution in [0, 0.1) is 12.7 Å². The molecule has 0 aliphatic heterocycles. The molecule has 134 valence electrons. The van der Waals surface area contributed by atoms with E-state index in [4.69, 9.17) is 4.74 Å². The molecule has 1 amide bonds. The molecule has 0 radical (unpaired) electrons. The number of ether oxygens (including phenoxy) is 1. The Balaban J connectivity index is 1.97. The maximum Gasteiger partial charge on any atom is 0.252 e. The molecule has 0 fully saturated rings. The van der Waals surface area contributed by atoms with Crippen molar-refractivity contribution in [3.05, 3.63) is 83.2 Å². The van der Waals surface area contributed by atoms with Gasteiger partial charge in [0.15, 0.2) is 0 Å². The lowest BCUT2D eigenvalue weighted by atomic mass is 10.0. The van der Waals surface area contributed by atoms with E-state index in [0.29, 0.717) is 17.1 Å². The monoisotopic (exact) mass is 353 g/mol. The van der Waals surface area contributed by atoms with Crippen molar-refractivity contribution in [3.63, 3.8) is 0 Å². The van der Waals surface area contributed by atoms with Crippen molar-refractivity contribution in [3.8, 4) is 5.75 Å². The van der Waals surface area contributed by atoms with Crippen LogP contribution in [0.15, 0.2) is 54.9 Å². The number of halogens is 1. The number of methoxy groups -OCH3 is 1. The number of carbonyl (C=O) groups is 1. The number of benzene rings is 2. The van der Waals surface area contributed by atoms with E-state index in [1.165, 1.54) is 6.07 Å². The van der Waals surface area contributed by atoms with E-state index in [2.05, 4.69) is 10.3 Å². The van der Waals surface area contributed by atoms with Gasteiger partial charge in [0.25, 0.3) is 5.91 Å². The number of aryl methyl sites for hydroxylation is 2. The van der Waals surface area contributed by atoms with Gasteiger partial charge in [-0.25, -0.2) is 9.37 Å². The van der Waals surface area contributed by atoms with Gasteiger partial charge in [-0.15, -0.1) is 0 Å². The predicted molar refractivity (Wildman–Crippen MR) is 96.6 cm³/mol. The summed E-state index contributed by atoms with van der Waals surface area (Å²) in [5, 5.41) is 2.95. The Bertz CT molecular complexity index is 936. The van der Waals surface area contributed by atoms with Crippen LogP contribution < -0.4 is 10.1 Å². The van der Waals surface area contributed by atoms with Gasteiger partial charge in [-0.05, 0) is 42.3 Å². The average Bonchev–Trinajstić information content (AvgIpc) is 3.07. The van der Waals surface area contributed by atoms with Gasteiger partial charge in [0, 0.05) is 25.0 Å². The SMILES string of the molecule is COc1cccc([C@H](NC(=O)c2ccc(C)c(F)c2)c2nccn2C)c1. The fourth-order valence-corrected chi connectivity index (χ4v) is 2.72. The van der Waals surface area contributed by atoms with Crippen molar-refractivity contribution in [2.45, 2.75) is 13.0 Å². The van der Waals surface area contributed by atoms with E-state index in [1.54, 1.807) is 38.6 Å². The second-order valence-corrected chi connectivity index (χ2v) is 6.04. The van der Waals surface area contributed by atoms with Crippen molar-refractivity contribution >= 4 is 5.91 Å². The van der Waals surface area contributed by atoms with E-state index >= 15 is 0 Å². The summed E-state index contributed by atoms with van der Waals surface area (Å²) in [6, 6.07) is 11.3. The van der Waals surface area contributed by atoms with Crippen molar-refractivity contribution in [2.24, 2.45) is 7.05 Å². The van der Waals surface area contributed by atoms with E-state index in [1.807, 2.05) is 35.9 Å². The fourth-order valence-electron chi connectivity index (χ4n) is 2.72. The van der Waals surface area contributed by atoms with Gasteiger partial charge in [-0.2, -0.15) is 0 Å². The summed E-state index contributed by atoms with van der Waals surface area (Å²) in [7, 11) is 3.44. The van der Waals surface area contributed by atoms with Gasteiger partial charge in [0.1, 0.15) is 23.4 Å². The topological polar surface area (TPSA) is 56.1 Å². The van der Waals surface area contributed by atoms with Crippen LogP contribution in [0.1, 0.15) is 33.4 Å². The first-order valence-electron chi connectivity index (χ1n) is 8.18. The minimum Gasteiger partial charge on any atom is -0.497 e. The molecule has 26 heavy (non-hydrogen) atoms. The third-order valence-electron chi connectivity index (χ3n) is 4.25. The Hall–Kier alpha value is -3.15. The molecular weight excluding hydrogens is 333 g/mol. The third kappa shape index (κ3) is 3.59. The number of hydrogen-bond donors (Lipinski definition) is 1. The molecule has 0 aliphatic carbocycles. The molecular formula is C20H20FN3O2. The molecule has 3 aromatic rings. The molecule has 0 saturated carbocycles. The molecule has 0 bridgehead atoms. The van der Waals surface area contributed by atoms with Gasteiger partial charge in [-0.3, -0.25) is 4.79 Å². The molecule has 0 aliphatic rings. The summed E-state index contributed by atoms with van der Waals surface area (Å²) in [5.74, 6) is 0.559. The lowest BCUT2D eigenvalue weighted by Gasteiger charge is -2.20. The lowest BCUT2D eigenvalue weighted by Crippen LogP contribution is -2.31. The normalized spacial score (nSPS) is 11.8. The maximum atomic E-state index is 13.8. The number of imidazole rings is 1. The van der Waals surface area contributed by atoms with Crippen LogP contribution >= 0.6 is 0 Å². The Kier molecular flexibility index (Phi) is 5.02. The number of nitrogens with one attached hydrogen (secondary N) is 1. The Morgan fingerprint density at radius 3 is 2.73 bits per heavy atom. The predicted octanol–water partition coefficient (Wildman–Crippen LogP) is 3.40. The van der Waals surface area contributed by atoms with Gasteiger partial charge >= 0.3 is 0 Å². The highest BCUT2D eigenvalue weighted by Crippen LogP contribution is 2.24. The van der Waals surface area contributed by atoms with E-state index in [9.17, 15) is 9.18 Å². The molecule has 3 rings (SSSR count). The van der Waals surface area contributed by atoms with Crippen LogP contribution in [0.3, 0.4) is 0 Å². The molecule has 1 atom stereocenters. The van der Waals surface area contributed by atoms with Crippen molar-refractivity contribution < 1.29 is 13.9 Å². The second kappa shape index (κ2) is 7.39. The molecule has 1 heterocycles. The maximum absolute atomic E-state index is 13.8. The lowest BCUT2D eigenvalue weighted by molar-refractivity contribution is 0.0940. The van der Waals surface area contributed by atoms with E-state index < -0.39 is 11.9 Å². The van der Waals surface area contributed by atoms with Gasteiger partial charge in [0.2, 0.25) is 0 Å². The molecule has 1 N–H and O–H groups in total. The highest BCUT2D eigenvalue weighted by molar-refractivity contribution is 5.94. The van der Waals surface area contributed by atoms with Crippen molar-refractivity contribution in [1.82, 2.24) is 14.9 Å². The smallest absolute Gasteiger partial charge is 0.252 e. The van der Waals surface area contributed by atoms with Crippen LogP contribution in [0.4, 0.5) is 4.39 Å². The minimum absolute atomic E-state index is 0.259.